The van der Waals surface area contributed by atoms with Crippen molar-refractivity contribution >= 4 is 11.6 Å². The highest BCUT2D eigenvalue weighted by Crippen LogP contribution is 2.38. The zero-order chi connectivity index (χ0) is 14.9. The lowest BCUT2D eigenvalue weighted by Crippen LogP contribution is -2.58. The van der Waals surface area contributed by atoms with Gasteiger partial charge in [-0.05, 0) is 24.8 Å². The van der Waals surface area contributed by atoms with Crippen LogP contribution in [0.15, 0.2) is 18.2 Å². The van der Waals surface area contributed by atoms with Crippen LogP contribution in [-0.2, 0) is 4.79 Å². The monoisotopic (exact) mass is 283 g/mol. The van der Waals surface area contributed by atoms with Crippen LogP contribution < -0.4 is 16.2 Å². The predicted molar refractivity (Wildman–Crippen MR) is 67.4 cm³/mol. The molecule has 1 aliphatic carbocycles. The molecule has 1 atom stereocenters. The first kappa shape index (κ1) is 14.2. The van der Waals surface area contributed by atoms with E-state index in [1.54, 1.807) is 0 Å². The number of hydrogen-bond donors (Lipinski definition) is 2. The molecule has 1 aromatic carbocycles. The maximum atomic E-state index is 13.6. The topological polar surface area (TPSA) is 121 Å². The van der Waals surface area contributed by atoms with Crippen molar-refractivity contribution in [2.75, 3.05) is 6.61 Å². The van der Waals surface area contributed by atoms with Crippen LogP contribution in [0, 0.1) is 21.8 Å². The highest BCUT2D eigenvalue weighted by atomic mass is 19.1. The van der Waals surface area contributed by atoms with Crippen LogP contribution in [0.5, 0.6) is 5.75 Å². The molecule has 108 valence electrons. The average molecular weight is 283 g/mol. The normalized spacial score (nSPS) is 17.3. The summed E-state index contributed by atoms with van der Waals surface area (Å²) < 4.78 is 18.8. The van der Waals surface area contributed by atoms with E-state index in [2.05, 4.69) is 0 Å². The third-order valence-corrected chi connectivity index (χ3v) is 3.36. The average Bonchev–Trinajstić information content (AvgIpc) is 3.20. The molecule has 0 radical (unpaired) electrons. The highest BCUT2D eigenvalue weighted by molar-refractivity contribution is 5.85. The van der Waals surface area contributed by atoms with Gasteiger partial charge in [0.05, 0.1) is 11.0 Å². The van der Waals surface area contributed by atoms with Gasteiger partial charge in [-0.25, -0.2) is 4.39 Å². The van der Waals surface area contributed by atoms with E-state index in [9.17, 15) is 19.3 Å². The van der Waals surface area contributed by atoms with Gasteiger partial charge in [0, 0.05) is 6.07 Å². The molecule has 7 nitrogen and oxygen atoms in total. The molecule has 1 aliphatic rings. The summed E-state index contributed by atoms with van der Waals surface area (Å²) >= 11 is 0. The number of carbonyl (C=O) groups excluding carboxylic acids is 1. The number of ether oxygens (including phenoxy) is 1. The van der Waals surface area contributed by atoms with Gasteiger partial charge >= 0.3 is 0 Å². The van der Waals surface area contributed by atoms with Gasteiger partial charge in [-0.1, -0.05) is 0 Å². The molecule has 0 bridgehead atoms. The third-order valence-electron chi connectivity index (χ3n) is 3.36. The van der Waals surface area contributed by atoms with Crippen molar-refractivity contribution in [3.8, 4) is 5.75 Å². The molecule has 1 amide bonds. The minimum Gasteiger partial charge on any atom is -0.488 e. The summed E-state index contributed by atoms with van der Waals surface area (Å²) in [5, 5.41) is 10.5. The van der Waals surface area contributed by atoms with E-state index >= 15 is 0 Å². The number of halogens is 1. The fraction of sp³-hybridized carbons (Fsp3) is 0.417. The van der Waals surface area contributed by atoms with E-state index in [1.165, 1.54) is 0 Å². The Kier molecular flexibility index (Phi) is 3.58. The molecule has 20 heavy (non-hydrogen) atoms. The Morgan fingerprint density at radius 2 is 2.20 bits per heavy atom. The second-order valence-corrected chi connectivity index (χ2v) is 4.84. The van der Waals surface area contributed by atoms with Crippen LogP contribution in [0.2, 0.25) is 0 Å². The quantitative estimate of drug-likeness (QED) is 0.588. The molecule has 0 aliphatic heterocycles. The highest BCUT2D eigenvalue weighted by Gasteiger charge is 2.47. The molecular weight excluding hydrogens is 269 g/mol. The summed E-state index contributed by atoms with van der Waals surface area (Å²) in [7, 11) is 0. The largest absolute Gasteiger partial charge is 0.488 e. The minimum atomic E-state index is -1.34. The Morgan fingerprint density at radius 3 is 2.65 bits per heavy atom. The lowest BCUT2D eigenvalue weighted by molar-refractivity contribution is -0.385. The van der Waals surface area contributed by atoms with E-state index in [1.807, 2.05) is 0 Å². The Bertz CT molecular complexity index is 562. The van der Waals surface area contributed by atoms with Gasteiger partial charge in [0.1, 0.15) is 12.1 Å². The maximum Gasteiger partial charge on any atom is 0.272 e. The summed E-state index contributed by atoms with van der Waals surface area (Å²) in [6.07, 6.45) is 1.54. The Labute approximate surface area is 113 Å². The fourth-order valence-electron chi connectivity index (χ4n) is 1.91. The molecule has 2 rings (SSSR count). The van der Waals surface area contributed by atoms with Gasteiger partial charge in [0.15, 0.2) is 11.6 Å². The fourth-order valence-corrected chi connectivity index (χ4v) is 1.91. The number of nitrogens with zero attached hydrogens (tertiary/aromatic N) is 1. The number of nitro groups is 1. The van der Waals surface area contributed by atoms with E-state index < -0.39 is 22.2 Å². The summed E-state index contributed by atoms with van der Waals surface area (Å²) in [6.45, 7) is -0.262. The number of primary amides is 1. The van der Waals surface area contributed by atoms with Crippen molar-refractivity contribution in [2.24, 2.45) is 17.4 Å². The Balaban J connectivity index is 2.10. The SMILES string of the molecule is NC(=O)C(N)(COc1ccc([N+](=O)[O-])cc1F)C1CC1. The van der Waals surface area contributed by atoms with Crippen molar-refractivity contribution in [1.82, 2.24) is 0 Å². The summed E-state index contributed by atoms with van der Waals surface area (Å²) in [6, 6.07) is 2.98. The van der Waals surface area contributed by atoms with E-state index in [0.717, 1.165) is 31.0 Å². The number of hydrogen-bond acceptors (Lipinski definition) is 5. The van der Waals surface area contributed by atoms with Crippen molar-refractivity contribution in [3.05, 3.63) is 34.1 Å². The van der Waals surface area contributed by atoms with Gasteiger partial charge in [-0.15, -0.1) is 0 Å². The van der Waals surface area contributed by atoms with Gasteiger partial charge < -0.3 is 16.2 Å². The molecule has 1 saturated carbocycles. The van der Waals surface area contributed by atoms with Gasteiger partial charge in [-0.3, -0.25) is 14.9 Å². The van der Waals surface area contributed by atoms with Crippen LogP contribution in [0.25, 0.3) is 0 Å². The zero-order valence-electron chi connectivity index (χ0n) is 10.5. The van der Waals surface area contributed by atoms with E-state index in [0.29, 0.717) is 0 Å². The molecule has 0 spiro atoms. The summed E-state index contributed by atoms with van der Waals surface area (Å²) in [5.41, 5.74) is 9.42. The van der Waals surface area contributed by atoms with Crippen molar-refractivity contribution in [3.63, 3.8) is 0 Å². The molecule has 0 heterocycles. The second kappa shape index (κ2) is 5.04. The van der Waals surface area contributed by atoms with E-state index in [-0.39, 0.29) is 24.0 Å². The van der Waals surface area contributed by atoms with Crippen molar-refractivity contribution < 1.29 is 18.8 Å². The maximum absolute atomic E-state index is 13.6. The van der Waals surface area contributed by atoms with Gasteiger partial charge in [0.2, 0.25) is 5.91 Å². The van der Waals surface area contributed by atoms with Crippen LogP contribution >= 0.6 is 0 Å². The standard InChI is InChI=1S/C12H14FN3O4/c13-9-5-8(16(18)19)3-4-10(9)20-6-12(15,11(14)17)7-1-2-7/h3-5,7H,1-2,6,15H2,(H2,14,17). The number of nitrogens with two attached hydrogens (primary N) is 2. The number of benzene rings is 1. The first-order valence-electron chi connectivity index (χ1n) is 6.00. The van der Waals surface area contributed by atoms with Crippen LogP contribution in [0.1, 0.15) is 12.8 Å². The minimum absolute atomic E-state index is 0.0684. The molecule has 4 N–H and O–H groups in total. The van der Waals surface area contributed by atoms with Gasteiger partial charge in [0.25, 0.3) is 5.69 Å². The number of non-ortho nitro benzene ring substituents is 1. The Morgan fingerprint density at radius 1 is 1.55 bits per heavy atom. The number of rotatable bonds is 6. The first-order chi connectivity index (χ1) is 9.34. The van der Waals surface area contributed by atoms with Crippen molar-refractivity contribution in [1.29, 1.82) is 0 Å². The lowest BCUT2D eigenvalue weighted by Gasteiger charge is -2.25. The van der Waals surface area contributed by atoms with E-state index in [4.69, 9.17) is 16.2 Å². The second-order valence-electron chi connectivity index (χ2n) is 4.84. The molecular formula is C12H14FN3O4. The van der Waals surface area contributed by atoms with Gasteiger partial charge in [-0.2, -0.15) is 0 Å². The van der Waals surface area contributed by atoms with Crippen LogP contribution in [0.4, 0.5) is 10.1 Å². The van der Waals surface area contributed by atoms with Crippen LogP contribution in [0.3, 0.4) is 0 Å². The van der Waals surface area contributed by atoms with Crippen molar-refractivity contribution in [2.45, 2.75) is 18.4 Å². The zero-order valence-corrected chi connectivity index (χ0v) is 10.5. The molecule has 0 aromatic heterocycles. The summed E-state index contributed by atoms with van der Waals surface area (Å²) in [5.74, 6) is -1.86. The molecule has 1 aromatic rings. The van der Waals surface area contributed by atoms with Crippen LogP contribution in [-0.4, -0.2) is 23.0 Å². The molecule has 0 saturated heterocycles. The number of nitro benzene ring substituents is 1. The molecule has 1 unspecified atom stereocenters. The molecule has 8 heteroatoms. The summed E-state index contributed by atoms with van der Waals surface area (Å²) in [4.78, 5) is 21.2. The first-order valence-corrected chi connectivity index (χ1v) is 6.00. The molecule has 1 fully saturated rings. The Hall–Kier alpha value is -2.22. The predicted octanol–water partition coefficient (Wildman–Crippen LogP) is 0.706. The number of amides is 1. The lowest BCUT2D eigenvalue weighted by atomic mass is 9.95. The number of carbonyl (C=O) groups is 1. The third kappa shape index (κ3) is 2.69. The smallest absolute Gasteiger partial charge is 0.272 e.